The molecule has 0 saturated heterocycles. The number of unbranched alkanes of at least 4 members (excludes halogenated alkanes) is 24. The van der Waals surface area contributed by atoms with Crippen LogP contribution in [0.2, 0.25) is 0 Å². The Morgan fingerprint density at radius 2 is 0.934 bits per heavy atom. The predicted molar refractivity (Wildman–Crippen MR) is 257 cm³/mol. The Balaban J connectivity index is 4.20. The van der Waals surface area contributed by atoms with Crippen LogP contribution in [0.4, 0.5) is 0 Å². The summed E-state index contributed by atoms with van der Waals surface area (Å²) in [5.74, 6) is -0.823. The number of allylic oxidation sites excluding steroid dienone is 8. The van der Waals surface area contributed by atoms with E-state index in [9.17, 15) is 19.0 Å². The summed E-state index contributed by atoms with van der Waals surface area (Å²) in [6.07, 6.45) is 53.1. The van der Waals surface area contributed by atoms with Gasteiger partial charge in [-0.3, -0.25) is 18.6 Å². The van der Waals surface area contributed by atoms with Gasteiger partial charge in [0.25, 0.3) is 0 Å². The second-order valence-corrected chi connectivity index (χ2v) is 18.4. The number of hydrogen-bond acceptors (Lipinski definition) is 8. The molecule has 0 spiro atoms. The third kappa shape index (κ3) is 47.3. The fourth-order valence-corrected chi connectivity index (χ4v) is 7.60. The van der Waals surface area contributed by atoms with Crippen molar-refractivity contribution in [3.8, 4) is 0 Å². The number of esters is 2. The molecular weight excluding hydrogens is 786 g/mol. The molecule has 2 atom stereocenters. The zero-order valence-corrected chi connectivity index (χ0v) is 40.7. The summed E-state index contributed by atoms with van der Waals surface area (Å²) in [4.78, 5) is 37.2. The van der Waals surface area contributed by atoms with Crippen molar-refractivity contribution in [2.45, 2.75) is 225 Å². The van der Waals surface area contributed by atoms with E-state index in [1.165, 1.54) is 116 Å². The van der Waals surface area contributed by atoms with Crippen LogP contribution in [-0.2, 0) is 32.7 Å². The molecule has 0 fully saturated rings. The van der Waals surface area contributed by atoms with Gasteiger partial charge in [0.1, 0.15) is 6.61 Å². The van der Waals surface area contributed by atoms with Crippen LogP contribution < -0.4 is 0 Å². The van der Waals surface area contributed by atoms with E-state index in [-0.39, 0.29) is 32.0 Å². The fraction of sp³-hybridized carbons (Fsp3) is 0.804. The van der Waals surface area contributed by atoms with E-state index in [0.29, 0.717) is 13.0 Å². The Bertz CT molecular complexity index is 1150. The average molecular weight is 880 g/mol. The highest BCUT2D eigenvalue weighted by molar-refractivity contribution is 7.47. The highest BCUT2D eigenvalue weighted by Crippen LogP contribution is 2.43. The number of carbonyl (C=O) groups is 2. The molecule has 1 N–H and O–H groups in total. The molecule has 0 aromatic heterocycles. The number of ether oxygens (including phenoxy) is 2. The number of likely N-dealkylation sites (N-methyl/N-ethyl adjacent to an activating group) is 1. The third-order valence-corrected chi connectivity index (χ3v) is 11.6. The molecule has 0 aromatic rings. The minimum Gasteiger partial charge on any atom is -0.462 e. The van der Waals surface area contributed by atoms with Gasteiger partial charge in [-0.05, 0) is 65.5 Å². The van der Waals surface area contributed by atoms with E-state index in [4.69, 9.17) is 18.5 Å². The molecule has 9 nitrogen and oxygen atoms in total. The Morgan fingerprint density at radius 1 is 0.525 bits per heavy atom. The van der Waals surface area contributed by atoms with Gasteiger partial charge in [0.15, 0.2) is 6.10 Å². The number of phosphoric ester groups is 1. The lowest BCUT2D eigenvalue weighted by Gasteiger charge is -2.20. The van der Waals surface area contributed by atoms with Crippen molar-refractivity contribution in [3.05, 3.63) is 48.6 Å². The first kappa shape index (κ1) is 59.0. The van der Waals surface area contributed by atoms with Crippen LogP contribution in [0, 0.1) is 0 Å². The summed E-state index contributed by atoms with van der Waals surface area (Å²) >= 11 is 0. The van der Waals surface area contributed by atoms with Gasteiger partial charge in [-0.25, -0.2) is 4.57 Å². The van der Waals surface area contributed by atoms with Crippen LogP contribution in [0.15, 0.2) is 48.6 Å². The van der Waals surface area contributed by atoms with Crippen molar-refractivity contribution < 1.29 is 37.6 Å². The predicted octanol–water partition coefficient (Wildman–Crippen LogP) is 14.9. The first-order chi connectivity index (χ1) is 29.7. The van der Waals surface area contributed by atoms with Gasteiger partial charge >= 0.3 is 19.8 Å². The van der Waals surface area contributed by atoms with Crippen molar-refractivity contribution >= 4 is 19.8 Å². The first-order valence-corrected chi connectivity index (χ1v) is 26.4. The molecule has 0 aliphatic heterocycles. The van der Waals surface area contributed by atoms with Crippen LogP contribution in [0.25, 0.3) is 0 Å². The molecule has 0 rings (SSSR count). The molecule has 0 amide bonds. The Morgan fingerprint density at radius 3 is 1.39 bits per heavy atom. The van der Waals surface area contributed by atoms with E-state index in [1.54, 1.807) is 0 Å². The van der Waals surface area contributed by atoms with Crippen molar-refractivity contribution in [3.63, 3.8) is 0 Å². The molecule has 0 heterocycles. The van der Waals surface area contributed by atoms with Crippen LogP contribution in [0.5, 0.6) is 0 Å². The van der Waals surface area contributed by atoms with E-state index < -0.39 is 26.5 Å². The van der Waals surface area contributed by atoms with Gasteiger partial charge in [-0.1, -0.05) is 204 Å². The number of rotatable bonds is 46. The third-order valence-electron chi connectivity index (χ3n) is 10.6. The maximum absolute atomic E-state index is 12.7. The molecule has 356 valence electrons. The average Bonchev–Trinajstić information content (AvgIpc) is 3.23. The molecule has 0 saturated carbocycles. The number of hydrogen-bond donors (Lipinski definition) is 1. The summed E-state index contributed by atoms with van der Waals surface area (Å²) in [6, 6.07) is 0. The zero-order chi connectivity index (χ0) is 44.8. The lowest BCUT2D eigenvalue weighted by atomic mass is 10.0. The first-order valence-electron chi connectivity index (χ1n) is 24.9. The molecule has 0 aliphatic carbocycles. The topological polar surface area (TPSA) is 112 Å². The monoisotopic (exact) mass is 880 g/mol. The Kier molecular flexibility index (Phi) is 44.4. The largest absolute Gasteiger partial charge is 0.472 e. The smallest absolute Gasteiger partial charge is 0.462 e. The second kappa shape index (κ2) is 46.0. The van der Waals surface area contributed by atoms with E-state index >= 15 is 0 Å². The van der Waals surface area contributed by atoms with Gasteiger partial charge < -0.3 is 19.3 Å². The molecule has 0 bridgehead atoms. The van der Waals surface area contributed by atoms with Crippen LogP contribution in [0.1, 0.15) is 219 Å². The van der Waals surface area contributed by atoms with Gasteiger partial charge in [-0.15, -0.1) is 0 Å². The summed E-state index contributed by atoms with van der Waals surface area (Å²) < 4.78 is 33.6. The van der Waals surface area contributed by atoms with Crippen molar-refractivity contribution in [2.75, 3.05) is 40.5 Å². The van der Waals surface area contributed by atoms with E-state index in [0.717, 1.165) is 70.6 Å². The standard InChI is InChI=1S/C51H94NO8P/c1-5-7-9-11-13-15-17-19-21-23-24-25-26-28-29-31-33-35-37-39-41-43-50(53)57-47-49(48-59-61(55,56)58-46-45-52(3)4)60-51(54)44-42-40-38-36-34-32-30-27-22-20-18-16-14-12-10-8-6-2/h8,10,14,16,20,22,30,32,49H,5-7,9,11-13,15,17-19,21,23-29,31,33-48H2,1-4H3,(H,55,56)/b10-8-,16-14-,22-20-,32-30-. The molecule has 0 aromatic carbocycles. The van der Waals surface area contributed by atoms with E-state index in [2.05, 4.69) is 62.5 Å². The van der Waals surface area contributed by atoms with Crippen molar-refractivity contribution in [1.29, 1.82) is 0 Å². The van der Waals surface area contributed by atoms with Crippen LogP contribution >= 0.6 is 7.82 Å². The highest BCUT2D eigenvalue weighted by atomic mass is 31.2. The minimum atomic E-state index is -4.37. The molecule has 0 radical (unpaired) electrons. The lowest BCUT2D eigenvalue weighted by molar-refractivity contribution is -0.161. The van der Waals surface area contributed by atoms with Crippen molar-refractivity contribution in [2.24, 2.45) is 0 Å². The summed E-state index contributed by atoms with van der Waals surface area (Å²) in [5, 5.41) is 0. The summed E-state index contributed by atoms with van der Waals surface area (Å²) in [7, 11) is -0.725. The number of nitrogens with zero attached hydrogens (tertiary/aromatic N) is 1. The van der Waals surface area contributed by atoms with E-state index in [1.807, 2.05) is 19.0 Å². The number of phosphoric acid groups is 1. The Labute approximate surface area is 375 Å². The van der Waals surface area contributed by atoms with Gasteiger partial charge in [0.2, 0.25) is 0 Å². The Hall–Kier alpha value is -2.03. The second-order valence-electron chi connectivity index (χ2n) is 17.0. The molecule has 10 heteroatoms. The van der Waals surface area contributed by atoms with Crippen LogP contribution in [0.3, 0.4) is 0 Å². The SMILES string of the molecule is CC/C=C\C/C=C\C/C=C\C/C=C\CCCCCCC(=O)OC(COC(=O)CCCCCCCCCCCCCCCCCCCCCCC)COP(=O)(O)OCCN(C)C. The van der Waals surface area contributed by atoms with Crippen molar-refractivity contribution in [1.82, 2.24) is 4.90 Å². The quantitative estimate of drug-likeness (QED) is 0.0276. The lowest BCUT2D eigenvalue weighted by Crippen LogP contribution is -2.29. The summed E-state index contributed by atoms with van der Waals surface area (Å²) in [5.41, 5.74) is 0. The molecule has 2 unspecified atom stereocenters. The normalized spacial score (nSPS) is 13.7. The highest BCUT2D eigenvalue weighted by Gasteiger charge is 2.26. The zero-order valence-electron chi connectivity index (χ0n) is 39.9. The van der Waals surface area contributed by atoms with Gasteiger partial charge in [0, 0.05) is 19.4 Å². The van der Waals surface area contributed by atoms with Gasteiger partial charge in [-0.2, -0.15) is 0 Å². The summed E-state index contributed by atoms with van der Waals surface area (Å²) in [6.45, 7) is 4.21. The maximum Gasteiger partial charge on any atom is 0.472 e. The minimum absolute atomic E-state index is 0.00199. The number of carbonyl (C=O) groups excluding carboxylic acids is 2. The molecule has 0 aliphatic rings. The van der Waals surface area contributed by atoms with Gasteiger partial charge in [0.05, 0.1) is 13.2 Å². The molecular formula is C51H94NO8P. The van der Waals surface area contributed by atoms with Crippen LogP contribution in [-0.4, -0.2) is 68.3 Å². The fourth-order valence-electron chi connectivity index (χ4n) is 6.86. The maximum atomic E-state index is 12.7. The molecule has 61 heavy (non-hydrogen) atoms.